The number of anilines is 3. The van der Waals surface area contributed by atoms with Gasteiger partial charge >= 0.3 is 0 Å². The van der Waals surface area contributed by atoms with Gasteiger partial charge in [-0.1, -0.05) is 96.7 Å². The molecule has 3 aliphatic carbocycles. The fourth-order valence-corrected chi connectivity index (χ4v) is 12.2. The molecule has 2 aliphatic heterocycles. The van der Waals surface area contributed by atoms with E-state index in [1.807, 2.05) is 60.8 Å². The highest BCUT2D eigenvalue weighted by atomic mass is 32.2. The first kappa shape index (κ1) is 31.7. The Bertz CT molecular complexity index is 3250. The highest BCUT2D eigenvalue weighted by molar-refractivity contribution is 7.99. The summed E-state index contributed by atoms with van der Waals surface area (Å²) in [5.41, 5.74) is 17.4. The van der Waals surface area contributed by atoms with Gasteiger partial charge in [-0.2, -0.15) is 0 Å². The van der Waals surface area contributed by atoms with E-state index in [-0.39, 0.29) is 0 Å². The van der Waals surface area contributed by atoms with Gasteiger partial charge in [-0.3, -0.25) is 19.9 Å². The molecule has 0 radical (unpaired) electrons. The summed E-state index contributed by atoms with van der Waals surface area (Å²) >= 11 is 1.86. The Labute approximate surface area is 343 Å². The van der Waals surface area contributed by atoms with E-state index < -0.39 is 10.8 Å². The summed E-state index contributed by atoms with van der Waals surface area (Å²) < 4.78 is 6.45. The minimum Gasteiger partial charge on any atom is -0.453 e. The zero-order chi connectivity index (χ0) is 38.5. The van der Waals surface area contributed by atoms with Gasteiger partial charge in [0.15, 0.2) is 11.5 Å². The maximum absolute atomic E-state index is 6.45. The van der Waals surface area contributed by atoms with Crippen LogP contribution in [-0.4, -0.2) is 19.9 Å². The third-order valence-electron chi connectivity index (χ3n) is 13.1. The van der Waals surface area contributed by atoms with Gasteiger partial charge in [0.25, 0.3) is 0 Å². The first-order chi connectivity index (χ1) is 29.3. The van der Waals surface area contributed by atoms with E-state index in [0.717, 1.165) is 62.5 Å². The average Bonchev–Trinajstić information content (AvgIpc) is 3.87. The molecule has 4 aromatic heterocycles. The van der Waals surface area contributed by atoms with Gasteiger partial charge in [-0.15, -0.1) is 0 Å². The number of nitrogens with zero attached hydrogens (tertiary/aromatic N) is 5. The molecule has 274 valence electrons. The van der Waals surface area contributed by atoms with Crippen LogP contribution in [-0.2, 0) is 10.8 Å². The molecule has 1 atom stereocenters. The van der Waals surface area contributed by atoms with Crippen molar-refractivity contribution in [2.45, 2.75) is 20.6 Å². The van der Waals surface area contributed by atoms with Crippen molar-refractivity contribution in [3.63, 3.8) is 0 Å². The van der Waals surface area contributed by atoms with Gasteiger partial charge in [0, 0.05) is 33.9 Å². The summed E-state index contributed by atoms with van der Waals surface area (Å²) in [4.78, 5) is 25.1. The van der Waals surface area contributed by atoms with Crippen molar-refractivity contribution in [3.05, 3.63) is 221 Å². The summed E-state index contributed by atoms with van der Waals surface area (Å²) in [6, 6.07) is 54.7. The monoisotopic (exact) mass is 771 g/mol. The van der Waals surface area contributed by atoms with E-state index >= 15 is 0 Å². The molecule has 59 heavy (non-hydrogen) atoms. The maximum Gasteiger partial charge on any atom is 0.151 e. The first-order valence-corrected chi connectivity index (χ1v) is 20.7. The van der Waals surface area contributed by atoms with Gasteiger partial charge in [0.05, 0.1) is 56.9 Å². The van der Waals surface area contributed by atoms with Crippen LogP contribution < -0.4 is 9.64 Å². The lowest BCUT2D eigenvalue weighted by Gasteiger charge is -2.40. The molecular formula is C52H29N5OS. The van der Waals surface area contributed by atoms with Crippen LogP contribution >= 0.6 is 11.8 Å². The van der Waals surface area contributed by atoms with Crippen LogP contribution in [0, 0.1) is 0 Å². The van der Waals surface area contributed by atoms with Crippen molar-refractivity contribution in [1.82, 2.24) is 19.9 Å². The van der Waals surface area contributed by atoms with Crippen LogP contribution in [0.5, 0.6) is 11.5 Å². The minimum absolute atomic E-state index is 0.558. The van der Waals surface area contributed by atoms with Crippen LogP contribution in [0.4, 0.5) is 17.1 Å². The van der Waals surface area contributed by atoms with Crippen LogP contribution in [0.15, 0.2) is 186 Å². The summed E-state index contributed by atoms with van der Waals surface area (Å²) in [7, 11) is 0. The fourth-order valence-electron chi connectivity index (χ4n) is 11.0. The summed E-state index contributed by atoms with van der Waals surface area (Å²) in [6.45, 7) is 0. The number of pyridine rings is 4. The molecular weight excluding hydrogens is 743 g/mol. The van der Waals surface area contributed by atoms with E-state index in [9.17, 15) is 0 Å². The molecule has 7 heteroatoms. The predicted molar refractivity (Wildman–Crippen MR) is 230 cm³/mol. The number of hydrogen-bond donors (Lipinski definition) is 0. The van der Waals surface area contributed by atoms with Gasteiger partial charge in [0.1, 0.15) is 0 Å². The number of benzene rings is 5. The molecule has 14 rings (SSSR count). The molecule has 2 spiro atoms. The van der Waals surface area contributed by atoms with Gasteiger partial charge in [-0.05, 0) is 117 Å². The molecule has 1 unspecified atom stereocenters. The van der Waals surface area contributed by atoms with Crippen molar-refractivity contribution in [2.75, 3.05) is 4.90 Å². The fraction of sp³-hybridized carbons (Fsp3) is 0.0385. The second-order valence-corrected chi connectivity index (χ2v) is 16.8. The highest BCUT2D eigenvalue weighted by Gasteiger charge is 2.56. The number of fused-ring (bicyclic) bond motifs is 21. The van der Waals surface area contributed by atoms with E-state index in [0.29, 0.717) is 0 Å². The van der Waals surface area contributed by atoms with Gasteiger partial charge in [-0.25, -0.2) is 0 Å². The molecule has 0 fully saturated rings. The molecule has 6 nitrogen and oxygen atoms in total. The molecule has 9 aromatic rings. The predicted octanol–water partition coefficient (Wildman–Crippen LogP) is 12.0. The Kier molecular flexibility index (Phi) is 6.01. The van der Waals surface area contributed by atoms with Crippen molar-refractivity contribution >= 4 is 28.8 Å². The minimum atomic E-state index is -0.710. The SMILES string of the molecule is c1ccc2c(c1)Oc1ccccc1N2c1cnc2c(c1)C1(c3ccccc3Sc3cc4c(cc31)-c1ccccc1C41c3cccnc3-c3ncccc31)c1cccnc1-2. The van der Waals surface area contributed by atoms with Crippen molar-refractivity contribution in [3.8, 4) is 45.4 Å². The van der Waals surface area contributed by atoms with Crippen LogP contribution in [0.25, 0.3) is 33.9 Å². The molecule has 0 bridgehead atoms. The molecule has 0 saturated carbocycles. The number of hydrogen-bond acceptors (Lipinski definition) is 7. The van der Waals surface area contributed by atoms with Crippen molar-refractivity contribution in [1.29, 1.82) is 0 Å². The third-order valence-corrected chi connectivity index (χ3v) is 14.2. The Balaban J connectivity index is 1.09. The Morgan fingerprint density at radius 3 is 1.63 bits per heavy atom. The molecule has 5 aliphatic rings. The van der Waals surface area contributed by atoms with E-state index in [1.54, 1.807) is 0 Å². The van der Waals surface area contributed by atoms with E-state index in [4.69, 9.17) is 24.7 Å². The van der Waals surface area contributed by atoms with Gasteiger partial charge < -0.3 is 9.64 Å². The summed E-state index contributed by atoms with van der Waals surface area (Å²) in [5, 5.41) is 0. The quantitative estimate of drug-likeness (QED) is 0.165. The summed E-state index contributed by atoms with van der Waals surface area (Å²) in [5.74, 6) is 1.61. The largest absolute Gasteiger partial charge is 0.453 e. The molecule has 6 heterocycles. The number of para-hydroxylation sites is 4. The zero-order valence-corrected chi connectivity index (χ0v) is 32.1. The highest BCUT2D eigenvalue weighted by Crippen LogP contribution is 2.67. The van der Waals surface area contributed by atoms with E-state index in [1.165, 1.54) is 54.3 Å². The molecule has 0 saturated heterocycles. The second-order valence-electron chi connectivity index (χ2n) is 15.7. The van der Waals surface area contributed by atoms with Crippen LogP contribution in [0.1, 0.15) is 44.5 Å². The Morgan fingerprint density at radius 2 is 0.949 bits per heavy atom. The number of ether oxygens (including phenoxy) is 1. The van der Waals surface area contributed by atoms with Gasteiger partial charge in [0.2, 0.25) is 0 Å². The first-order valence-electron chi connectivity index (χ1n) is 19.9. The van der Waals surface area contributed by atoms with E-state index in [2.05, 4.69) is 132 Å². The lowest BCUT2D eigenvalue weighted by molar-refractivity contribution is 0.477. The Morgan fingerprint density at radius 1 is 0.407 bits per heavy atom. The lowest BCUT2D eigenvalue weighted by Crippen LogP contribution is -2.33. The smallest absolute Gasteiger partial charge is 0.151 e. The maximum atomic E-state index is 6.45. The second kappa shape index (κ2) is 11.2. The van der Waals surface area contributed by atoms with Crippen molar-refractivity contribution < 1.29 is 4.74 Å². The molecule has 0 amide bonds. The van der Waals surface area contributed by atoms with Crippen LogP contribution in [0.3, 0.4) is 0 Å². The standard InChI is InChI=1S/C52H29N5OS/c1-2-13-33-31(12-1)32-27-39-46(28-38(32)51(33)35-15-9-23-53-47(35)48-36(51)16-10-24-54-48)59-45-22-8-3-14-34(45)52(39)37-17-11-25-55-49(37)50-40(52)26-30(29-56-50)57-41-18-4-6-20-43(41)58-44-21-7-5-19-42(44)57/h1-29H. The third kappa shape index (κ3) is 3.76. The average molecular weight is 772 g/mol. The molecule has 0 N–H and O–H groups in total. The number of rotatable bonds is 1. The Hall–Kier alpha value is -7.35. The molecule has 5 aromatic carbocycles. The number of aromatic nitrogens is 4. The summed E-state index contributed by atoms with van der Waals surface area (Å²) in [6.07, 6.45) is 7.68. The normalized spacial score (nSPS) is 17.1. The topological polar surface area (TPSA) is 64.0 Å². The lowest BCUT2D eigenvalue weighted by atomic mass is 9.66. The van der Waals surface area contributed by atoms with Crippen molar-refractivity contribution in [2.24, 2.45) is 0 Å². The zero-order valence-electron chi connectivity index (χ0n) is 31.3. The van der Waals surface area contributed by atoms with Crippen LogP contribution in [0.2, 0.25) is 0 Å².